The minimum atomic E-state index is -1.88. The second-order valence-corrected chi connectivity index (χ2v) is 21.9. The summed E-state index contributed by atoms with van der Waals surface area (Å²) in [6, 6.07) is 6.81. The molecule has 0 bridgehead atoms. The number of phenols is 1. The number of phenolic OH excluding ortho intramolecular Hbond substituents is 1. The molecule has 0 saturated heterocycles. The Balaban J connectivity index is 1.96. The van der Waals surface area contributed by atoms with Crippen molar-refractivity contribution in [3.63, 3.8) is 0 Å². The first-order valence-electron chi connectivity index (χ1n) is 28.2. The van der Waals surface area contributed by atoms with Gasteiger partial charge >= 0.3 is 17.9 Å². The van der Waals surface area contributed by atoms with Crippen LogP contribution >= 0.6 is 12.6 Å². The lowest BCUT2D eigenvalue weighted by molar-refractivity contribution is -0.143. The van der Waals surface area contributed by atoms with E-state index in [2.05, 4.69) is 65.5 Å². The van der Waals surface area contributed by atoms with Crippen LogP contribution in [-0.2, 0) is 76.8 Å². The summed E-state index contributed by atoms with van der Waals surface area (Å²) in [6.07, 6.45) is -2.98. The van der Waals surface area contributed by atoms with Crippen LogP contribution in [0.5, 0.6) is 5.75 Å². The summed E-state index contributed by atoms with van der Waals surface area (Å²) in [4.78, 5) is 166. The molecule has 19 N–H and O–H groups in total. The average Bonchev–Trinajstić information content (AvgIpc) is 3.31. The third-order valence-corrected chi connectivity index (χ3v) is 13.7. The molecule has 30 heteroatoms. The van der Waals surface area contributed by atoms with Gasteiger partial charge < -0.3 is 85.5 Å². The van der Waals surface area contributed by atoms with Crippen LogP contribution in [-0.4, -0.2) is 170 Å². The lowest BCUT2D eigenvalue weighted by atomic mass is 10.0. The van der Waals surface area contributed by atoms with E-state index in [1.54, 1.807) is 88.4 Å². The number of aliphatic carboxylic acids is 3. The van der Waals surface area contributed by atoms with Gasteiger partial charge in [-0.2, -0.15) is 12.6 Å². The number of aromatic hydroxyl groups is 1. The van der Waals surface area contributed by atoms with Gasteiger partial charge in [-0.3, -0.25) is 57.7 Å². The van der Waals surface area contributed by atoms with Crippen LogP contribution in [0.1, 0.15) is 83.4 Å². The van der Waals surface area contributed by atoms with Gasteiger partial charge in [0.25, 0.3) is 0 Å². The first-order valence-corrected chi connectivity index (χ1v) is 28.8. The zero-order valence-corrected chi connectivity index (χ0v) is 50.3. The highest BCUT2D eigenvalue weighted by Crippen LogP contribution is 2.15. The summed E-state index contributed by atoms with van der Waals surface area (Å²) < 4.78 is 0. The molecule has 3 rings (SSSR count). The van der Waals surface area contributed by atoms with E-state index in [9.17, 15) is 78.0 Å². The van der Waals surface area contributed by atoms with Gasteiger partial charge in [0.15, 0.2) is 5.96 Å². The number of benzene rings is 3. The number of thiol groups is 1. The minimum Gasteiger partial charge on any atom is -0.508 e. The molecule has 480 valence electrons. The Morgan fingerprint density at radius 2 is 0.830 bits per heavy atom. The molecule has 10 atom stereocenters. The van der Waals surface area contributed by atoms with E-state index in [0.29, 0.717) is 16.7 Å². The van der Waals surface area contributed by atoms with E-state index < -0.39 is 144 Å². The van der Waals surface area contributed by atoms with Crippen LogP contribution in [0.25, 0.3) is 0 Å². The van der Waals surface area contributed by atoms with Crippen molar-refractivity contribution in [2.45, 2.75) is 146 Å². The number of hydrogen-bond acceptors (Lipinski definition) is 16. The summed E-state index contributed by atoms with van der Waals surface area (Å²) in [5.41, 5.74) is 18.5. The van der Waals surface area contributed by atoms with E-state index in [1.165, 1.54) is 31.2 Å². The van der Waals surface area contributed by atoms with E-state index in [0.717, 1.165) is 0 Å². The standard InChI is InChI=1S/C58H81N13O16S/c1-30(2)23-38(51(80)71-44(29-88)57(86)87)66-54(83)42(27-45(73)74)68-49(78)37(17-12-22-62-58(60)61)64-52(81)40(25-34-15-10-7-11-16-34)65-48(77)32(5)63-50(79)39(24-33-13-8-6-9-14-33)67-55(84)43(28-46(75)76)69-53(82)41(70-56(85)47(59)31(3)4)26-35-18-20-36(72)21-19-35/h6-11,13-16,18-21,30-32,37-44,47,72,88H,12,17,22-29,59H2,1-5H3,(H,63,79)(H,64,81)(H,65,77)(H,66,83)(H,67,84)(H,68,78)(H,69,82)(H,70,85)(H,71,80)(H,73,74)(H,75,76)(H,86,87)(H4,60,61,62)/t32-,37-,38-,39-,40-,41-,42-,43-,44-,47-/m0/s1. The van der Waals surface area contributed by atoms with Gasteiger partial charge in [0, 0.05) is 31.6 Å². The van der Waals surface area contributed by atoms with Crippen molar-refractivity contribution in [1.29, 1.82) is 0 Å². The summed E-state index contributed by atoms with van der Waals surface area (Å²) in [5, 5.41) is 61.1. The topological polar surface area (TPSA) is 484 Å². The van der Waals surface area contributed by atoms with E-state index in [4.69, 9.17) is 17.2 Å². The fourth-order valence-electron chi connectivity index (χ4n) is 8.50. The molecule has 0 spiro atoms. The molecule has 0 unspecified atom stereocenters. The van der Waals surface area contributed by atoms with Gasteiger partial charge in [0.05, 0.1) is 18.9 Å². The van der Waals surface area contributed by atoms with Crippen LogP contribution in [0.15, 0.2) is 89.9 Å². The molecule has 0 radical (unpaired) electrons. The lowest BCUT2D eigenvalue weighted by Gasteiger charge is -2.28. The largest absolute Gasteiger partial charge is 0.508 e. The van der Waals surface area contributed by atoms with Gasteiger partial charge in [-0.15, -0.1) is 0 Å². The number of nitrogens with two attached hydrogens (primary N) is 3. The third-order valence-electron chi connectivity index (χ3n) is 13.4. The van der Waals surface area contributed by atoms with Gasteiger partial charge in [-0.1, -0.05) is 100 Å². The monoisotopic (exact) mass is 1250 g/mol. The number of carboxylic acid groups (broad SMARTS) is 3. The summed E-state index contributed by atoms with van der Waals surface area (Å²) in [7, 11) is 0. The van der Waals surface area contributed by atoms with Crippen molar-refractivity contribution in [3.8, 4) is 5.75 Å². The SMILES string of the molecule is CC(C)C[C@H](NC(=O)[C@H](CC(=O)O)NC(=O)[C@H](CCCN=C(N)N)NC(=O)[C@H](Cc1ccccc1)NC(=O)[C@H](C)NC(=O)[C@H](Cc1ccccc1)NC(=O)[C@H](CC(=O)O)NC(=O)[C@H](Cc1ccc(O)cc1)NC(=O)[C@@H](N)C(C)C)C(=O)N[C@@H](CS)C(=O)O. The summed E-state index contributed by atoms with van der Waals surface area (Å²) in [6.45, 7) is 7.93. The van der Waals surface area contributed by atoms with Crippen molar-refractivity contribution < 1.29 is 78.0 Å². The number of amides is 9. The first kappa shape index (κ1) is 72.9. The van der Waals surface area contributed by atoms with Crippen LogP contribution in [0.3, 0.4) is 0 Å². The van der Waals surface area contributed by atoms with Gasteiger partial charge in [0.2, 0.25) is 53.2 Å². The Bertz CT molecular complexity index is 2920. The average molecular weight is 1250 g/mol. The number of carbonyl (C=O) groups is 12. The number of nitrogens with zero attached hydrogens (tertiary/aromatic N) is 1. The van der Waals surface area contributed by atoms with Crippen molar-refractivity contribution in [1.82, 2.24) is 47.9 Å². The molecule has 3 aromatic carbocycles. The summed E-state index contributed by atoms with van der Waals surface area (Å²) >= 11 is 3.95. The molecule has 29 nitrogen and oxygen atoms in total. The van der Waals surface area contributed by atoms with Crippen LogP contribution in [0.2, 0.25) is 0 Å². The maximum atomic E-state index is 14.5. The lowest BCUT2D eigenvalue weighted by Crippen LogP contribution is -2.61. The highest BCUT2D eigenvalue weighted by atomic mass is 32.1. The van der Waals surface area contributed by atoms with E-state index in [-0.39, 0.29) is 74.4 Å². The van der Waals surface area contributed by atoms with Crippen molar-refractivity contribution in [2.75, 3.05) is 12.3 Å². The Kier molecular flexibility index (Phi) is 30.4. The second kappa shape index (κ2) is 36.6. The molecular formula is C58H81N13O16S. The van der Waals surface area contributed by atoms with Crippen molar-refractivity contribution in [3.05, 3.63) is 102 Å². The van der Waals surface area contributed by atoms with Gasteiger partial charge in [-0.25, -0.2) is 4.79 Å². The molecule has 0 aliphatic heterocycles. The van der Waals surface area contributed by atoms with Crippen molar-refractivity contribution in [2.24, 2.45) is 34.0 Å². The molecule has 0 aliphatic rings. The fraction of sp³-hybridized carbons (Fsp3) is 0.466. The molecular weight excluding hydrogens is 1170 g/mol. The van der Waals surface area contributed by atoms with E-state index in [1.807, 2.05) is 0 Å². The number of guanidine groups is 1. The Morgan fingerprint density at radius 3 is 1.25 bits per heavy atom. The smallest absolute Gasteiger partial charge is 0.327 e. The number of carbonyl (C=O) groups excluding carboxylic acids is 9. The Hall–Kier alpha value is -9.32. The zero-order chi connectivity index (χ0) is 65.8. The van der Waals surface area contributed by atoms with Crippen LogP contribution < -0.4 is 65.1 Å². The van der Waals surface area contributed by atoms with Crippen LogP contribution in [0.4, 0.5) is 0 Å². The molecule has 88 heavy (non-hydrogen) atoms. The minimum absolute atomic E-state index is 0.00877. The van der Waals surface area contributed by atoms with Gasteiger partial charge in [0.1, 0.15) is 60.1 Å². The highest BCUT2D eigenvalue weighted by molar-refractivity contribution is 7.80. The maximum absolute atomic E-state index is 14.5. The first-order chi connectivity index (χ1) is 41.5. The fourth-order valence-corrected chi connectivity index (χ4v) is 8.75. The molecule has 0 aliphatic carbocycles. The molecule has 0 aromatic heterocycles. The number of rotatable bonds is 37. The number of carboxylic acids is 3. The number of nitrogens with one attached hydrogen (secondary N) is 9. The summed E-state index contributed by atoms with van der Waals surface area (Å²) in [5.74, 6) is -14.8. The van der Waals surface area contributed by atoms with Crippen molar-refractivity contribution >= 4 is 89.7 Å². The van der Waals surface area contributed by atoms with E-state index >= 15 is 0 Å². The molecule has 0 saturated carbocycles. The maximum Gasteiger partial charge on any atom is 0.327 e. The third kappa shape index (κ3) is 26.1. The quantitative estimate of drug-likeness (QED) is 0.0127. The normalized spacial score (nSPS) is 14.4. The molecule has 3 aromatic rings. The molecule has 0 fully saturated rings. The zero-order valence-electron chi connectivity index (χ0n) is 49.4. The van der Waals surface area contributed by atoms with Crippen LogP contribution in [0, 0.1) is 11.8 Å². The highest BCUT2D eigenvalue weighted by Gasteiger charge is 2.36. The predicted molar refractivity (Wildman–Crippen MR) is 323 cm³/mol. The Labute approximate surface area is 513 Å². The molecule has 9 amide bonds. The second-order valence-electron chi connectivity index (χ2n) is 21.5. The predicted octanol–water partition coefficient (Wildman–Crippen LogP) is -2.15. The van der Waals surface area contributed by atoms with Gasteiger partial charge in [-0.05, 0) is 66.8 Å². The number of hydrogen-bond donors (Lipinski definition) is 17. The number of aliphatic imine (C=N–C) groups is 1. The Morgan fingerprint density at radius 1 is 0.466 bits per heavy atom. The molecule has 0 heterocycles.